The second-order valence-electron chi connectivity index (χ2n) is 4.31. The molecule has 0 atom stereocenters. The molecule has 0 aliphatic heterocycles. The summed E-state index contributed by atoms with van der Waals surface area (Å²) in [7, 11) is 0. The van der Waals surface area contributed by atoms with Gasteiger partial charge in [-0.15, -0.1) is 0 Å². The van der Waals surface area contributed by atoms with E-state index in [9.17, 15) is 9.18 Å². The van der Waals surface area contributed by atoms with Crippen molar-refractivity contribution in [3.05, 3.63) is 47.4 Å². The largest absolute Gasteiger partial charge is 0.386 e. The number of carbonyl (C=O) groups excluding carboxylic acids is 1. The minimum absolute atomic E-state index is 0.0100. The lowest BCUT2D eigenvalue weighted by Crippen LogP contribution is -2.31. The number of nitrogens with one attached hydrogen (secondary N) is 2. The number of amides is 1. The topological polar surface area (TPSA) is 64.9 Å². The predicted molar refractivity (Wildman–Crippen MR) is 70.2 cm³/mol. The third-order valence-electron chi connectivity index (χ3n) is 2.25. The van der Waals surface area contributed by atoms with Crippen molar-refractivity contribution in [2.24, 2.45) is 0 Å². The molecule has 5 heteroatoms. The Labute approximate surface area is 111 Å². The zero-order valence-electron chi connectivity index (χ0n) is 10.9. The van der Waals surface area contributed by atoms with Crippen LogP contribution < -0.4 is 10.6 Å². The van der Waals surface area contributed by atoms with E-state index in [1.54, 1.807) is 12.1 Å². The number of hydrogen-bond donors (Lipinski definition) is 2. The van der Waals surface area contributed by atoms with Gasteiger partial charge in [0, 0.05) is 18.8 Å². The SMILES string of the molecule is CC(C)NC(=O)/C(C#N)=C\NCc1ccc(F)cc1. The van der Waals surface area contributed by atoms with Crippen LogP contribution in [0.3, 0.4) is 0 Å². The molecule has 19 heavy (non-hydrogen) atoms. The van der Waals surface area contributed by atoms with Crippen LogP contribution in [0.15, 0.2) is 36.0 Å². The Balaban J connectivity index is 2.56. The Morgan fingerprint density at radius 1 is 1.42 bits per heavy atom. The third kappa shape index (κ3) is 5.21. The van der Waals surface area contributed by atoms with E-state index in [1.165, 1.54) is 18.3 Å². The highest BCUT2D eigenvalue weighted by molar-refractivity contribution is 5.97. The van der Waals surface area contributed by atoms with Gasteiger partial charge in [-0.2, -0.15) is 5.26 Å². The minimum atomic E-state index is -0.413. The fourth-order valence-corrected chi connectivity index (χ4v) is 1.36. The lowest BCUT2D eigenvalue weighted by Gasteiger charge is -2.07. The Kier molecular flexibility index (Phi) is 5.55. The van der Waals surface area contributed by atoms with Crippen molar-refractivity contribution in [2.45, 2.75) is 26.4 Å². The van der Waals surface area contributed by atoms with E-state index in [2.05, 4.69) is 10.6 Å². The normalized spacial score (nSPS) is 11.0. The molecule has 0 aliphatic rings. The highest BCUT2D eigenvalue weighted by atomic mass is 19.1. The number of rotatable bonds is 5. The number of nitrogens with zero attached hydrogens (tertiary/aromatic N) is 1. The molecule has 0 aliphatic carbocycles. The monoisotopic (exact) mass is 261 g/mol. The van der Waals surface area contributed by atoms with E-state index in [4.69, 9.17) is 5.26 Å². The Morgan fingerprint density at radius 2 is 2.05 bits per heavy atom. The standard InChI is InChI=1S/C14H16FN3O/c1-10(2)18-14(19)12(7-16)9-17-8-11-3-5-13(15)6-4-11/h3-6,9-10,17H,8H2,1-2H3,(H,18,19)/b12-9-. The van der Waals surface area contributed by atoms with Crippen molar-refractivity contribution in [1.82, 2.24) is 10.6 Å². The molecule has 0 heterocycles. The Bertz CT molecular complexity index is 500. The summed E-state index contributed by atoms with van der Waals surface area (Å²) in [5.41, 5.74) is 0.870. The molecule has 0 saturated heterocycles. The molecule has 0 saturated carbocycles. The zero-order chi connectivity index (χ0) is 14.3. The summed E-state index contributed by atoms with van der Waals surface area (Å²) in [6.45, 7) is 4.05. The molecule has 0 radical (unpaired) electrons. The third-order valence-corrected chi connectivity index (χ3v) is 2.25. The van der Waals surface area contributed by atoms with Gasteiger partial charge in [-0.05, 0) is 31.5 Å². The van der Waals surface area contributed by atoms with Gasteiger partial charge in [0.05, 0.1) is 0 Å². The number of benzene rings is 1. The van der Waals surface area contributed by atoms with Gasteiger partial charge in [0.25, 0.3) is 5.91 Å². The molecular formula is C14H16FN3O. The molecular weight excluding hydrogens is 245 g/mol. The average Bonchev–Trinajstić information content (AvgIpc) is 2.36. The molecule has 0 bridgehead atoms. The van der Waals surface area contributed by atoms with E-state index < -0.39 is 5.91 Å². The van der Waals surface area contributed by atoms with Crippen LogP contribution in [0.4, 0.5) is 4.39 Å². The fraction of sp³-hybridized carbons (Fsp3) is 0.286. The quantitative estimate of drug-likeness (QED) is 0.628. The second-order valence-corrected chi connectivity index (χ2v) is 4.31. The summed E-state index contributed by atoms with van der Waals surface area (Å²) >= 11 is 0. The average molecular weight is 261 g/mol. The molecule has 100 valence electrons. The summed E-state index contributed by atoms with van der Waals surface area (Å²) in [5, 5.41) is 14.4. The van der Waals surface area contributed by atoms with E-state index in [0.717, 1.165) is 5.56 Å². The molecule has 1 aromatic carbocycles. The predicted octanol–water partition coefficient (Wildman–Crippen LogP) is 1.85. The van der Waals surface area contributed by atoms with E-state index >= 15 is 0 Å². The van der Waals surface area contributed by atoms with E-state index in [-0.39, 0.29) is 17.4 Å². The molecule has 0 unspecified atom stereocenters. The van der Waals surface area contributed by atoms with Gasteiger partial charge >= 0.3 is 0 Å². The van der Waals surface area contributed by atoms with Gasteiger partial charge in [-0.25, -0.2) is 4.39 Å². The lowest BCUT2D eigenvalue weighted by atomic mass is 10.2. The fourth-order valence-electron chi connectivity index (χ4n) is 1.36. The molecule has 4 nitrogen and oxygen atoms in total. The van der Waals surface area contributed by atoms with Crippen molar-refractivity contribution in [2.75, 3.05) is 0 Å². The maximum Gasteiger partial charge on any atom is 0.263 e. The summed E-state index contributed by atoms with van der Waals surface area (Å²) < 4.78 is 12.7. The van der Waals surface area contributed by atoms with Crippen LogP contribution in [0.2, 0.25) is 0 Å². The van der Waals surface area contributed by atoms with Crippen molar-refractivity contribution >= 4 is 5.91 Å². The summed E-state index contributed by atoms with van der Waals surface area (Å²) in [4.78, 5) is 11.6. The number of carbonyl (C=O) groups is 1. The molecule has 2 N–H and O–H groups in total. The summed E-state index contributed by atoms with van der Waals surface area (Å²) in [6.07, 6.45) is 1.36. The Morgan fingerprint density at radius 3 is 2.58 bits per heavy atom. The van der Waals surface area contributed by atoms with Crippen LogP contribution in [0.5, 0.6) is 0 Å². The van der Waals surface area contributed by atoms with Crippen molar-refractivity contribution < 1.29 is 9.18 Å². The van der Waals surface area contributed by atoms with Gasteiger partial charge in [0.2, 0.25) is 0 Å². The number of halogens is 1. The number of nitriles is 1. The molecule has 0 spiro atoms. The first-order valence-electron chi connectivity index (χ1n) is 5.92. The first kappa shape index (κ1) is 14.7. The molecule has 0 aromatic heterocycles. The van der Waals surface area contributed by atoms with Crippen LogP contribution in [0.25, 0.3) is 0 Å². The van der Waals surface area contributed by atoms with Crippen LogP contribution in [-0.4, -0.2) is 11.9 Å². The summed E-state index contributed by atoms with van der Waals surface area (Å²) in [5.74, 6) is -0.711. The Hall–Kier alpha value is -2.35. The van der Waals surface area contributed by atoms with Crippen LogP contribution in [0, 0.1) is 17.1 Å². The second kappa shape index (κ2) is 7.17. The summed E-state index contributed by atoms with van der Waals surface area (Å²) in [6, 6.07) is 7.79. The lowest BCUT2D eigenvalue weighted by molar-refractivity contribution is -0.117. The molecule has 0 fully saturated rings. The maximum atomic E-state index is 12.7. The van der Waals surface area contributed by atoms with Gasteiger partial charge in [-0.3, -0.25) is 4.79 Å². The highest BCUT2D eigenvalue weighted by Crippen LogP contribution is 2.02. The zero-order valence-corrected chi connectivity index (χ0v) is 10.9. The first-order valence-corrected chi connectivity index (χ1v) is 5.92. The van der Waals surface area contributed by atoms with Gasteiger partial charge in [-0.1, -0.05) is 12.1 Å². The van der Waals surface area contributed by atoms with E-state index in [0.29, 0.717) is 6.54 Å². The first-order chi connectivity index (χ1) is 9.02. The van der Waals surface area contributed by atoms with Crippen molar-refractivity contribution in [1.29, 1.82) is 5.26 Å². The maximum absolute atomic E-state index is 12.7. The van der Waals surface area contributed by atoms with Crippen LogP contribution >= 0.6 is 0 Å². The smallest absolute Gasteiger partial charge is 0.263 e. The molecule has 1 aromatic rings. The van der Waals surface area contributed by atoms with Gasteiger partial charge in [0.15, 0.2) is 0 Å². The van der Waals surface area contributed by atoms with Crippen molar-refractivity contribution in [3.8, 4) is 6.07 Å². The number of hydrogen-bond acceptors (Lipinski definition) is 3. The van der Waals surface area contributed by atoms with Gasteiger partial charge in [0.1, 0.15) is 17.5 Å². The van der Waals surface area contributed by atoms with E-state index in [1.807, 2.05) is 19.9 Å². The molecule has 1 amide bonds. The molecule has 1 rings (SSSR count). The van der Waals surface area contributed by atoms with Crippen molar-refractivity contribution in [3.63, 3.8) is 0 Å². The highest BCUT2D eigenvalue weighted by Gasteiger charge is 2.09. The minimum Gasteiger partial charge on any atom is -0.386 e. The van der Waals surface area contributed by atoms with Gasteiger partial charge < -0.3 is 10.6 Å². The van der Waals surface area contributed by atoms with Crippen LogP contribution in [0.1, 0.15) is 19.4 Å². The van der Waals surface area contributed by atoms with Crippen LogP contribution in [-0.2, 0) is 11.3 Å².